The van der Waals surface area contributed by atoms with Crippen molar-refractivity contribution >= 4 is 28.4 Å². The van der Waals surface area contributed by atoms with Gasteiger partial charge in [-0.1, -0.05) is 18.2 Å². The van der Waals surface area contributed by atoms with Crippen molar-refractivity contribution in [1.82, 2.24) is 15.3 Å². The van der Waals surface area contributed by atoms with Crippen LogP contribution in [-0.4, -0.2) is 47.7 Å². The number of hydrogen-bond donors (Lipinski definition) is 1. The molecule has 8 heteroatoms. The Hall–Kier alpha value is -4.04. The van der Waals surface area contributed by atoms with Crippen molar-refractivity contribution in [3.05, 3.63) is 101 Å². The fraction of sp³-hybridized carbons (Fsp3) is 0.185. The van der Waals surface area contributed by atoms with Crippen LogP contribution in [0.1, 0.15) is 31.8 Å². The summed E-state index contributed by atoms with van der Waals surface area (Å²) in [6.07, 6.45) is 1.62. The quantitative estimate of drug-likeness (QED) is 0.428. The first-order valence-corrected chi connectivity index (χ1v) is 11.3. The summed E-state index contributed by atoms with van der Waals surface area (Å²) in [7, 11) is 0. The summed E-state index contributed by atoms with van der Waals surface area (Å²) in [6.45, 7) is 3.36. The first kappa shape index (κ1) is 22.7. The molecule has 0 bridgehead atoms. The minimum absolute atomic E-state index is 0.0995. The smallest absolute Gasteiger partial charge is 0.196 e. The molecule has 4 aromatic rings. The van der Waals surface area contributed by atoms with Gasteiger partial charge >= 0.3 is 0 Å². The molecule has 3 aromatic carbocycles. The van der Waals surface area contributed by atoms with Crippen LogP contribution in [0.25, 0.3) is 11.0 Å². The maximum atomic E-state index is 14.9. The molecule has 5 rings (SSSR count). The molecular formula is C27H22F2N4O2. The lowest BCUT2D eigenvalue weighted by Gasteiger charge is -2.28. The molecule has 176 valence electrons. The predicted molar refractivity (Wildman–Crippen MR) is 129 cm³/mol. The van der Waals surface area contributed by atoms with Crippen molar-refractivity contribution in [1.29, 1.82) is 0 Å². The van der Waals surface area contributed by atoms with Gasteiger partial charge in [0.25, 0.3) is 0 Å². The van der Waals surface area contributed by atoms with E-state index < -0.39 is 17.4 Å². The molecular weight excluding hydrogens is 450 g/mol. The zero-order valence-electron chi connectivity index (χ0n) is 18.8. The van der Waals surface area contributed by atoms with E-state index in [9.17, 15) is 18.4 Å². The number of carbonyl (C=O) groups is 2. The molecule has 1 N–H and O–H groups in total. The summed E-state index contributed by atoms with van der Waals surface area (Å²) in [5.74, 6) is -1.32. The van der Waals surface area contributed by atoms with E-state index in [2.05, 4.69) is 20.2 Å². The average molecular weight is 472 g/mol. The van der Waals surface area contributed by atoms with Crippen LogP contribution in [0, 0.1) is 11.6 Å². The molecule has 1 aromatic heterocycles. The maximum absolute atomic E-state index is 14.9. The fourth-order valence-corrected chi connectivity index (χ4v) is 4.15. The number of ketones is 2. The molecule has 0 unspecified atom stereocenters. The topological polar surface area (TPSA) is 75.2 Å². The normalized spacial score (nSPS) is 13.7. The van der Waals surface area contributed by atoms with Gasteiger partial charge in [0.2, 0.25) is 0 Å². The number of Topliss-reactive ketones (excluding diaryl/α,β-unsaturated/α-hetero) is 1. The van der Waals surface area contributed by atoms with E-state index in [1.165, 1.54) is 36.4 Å². The first-order valence-electron chi connectivity index (χ1n) is 11.3. The first-order chi connectivity index (χ1) is 17.0. The lowest BCUT2D eigenvalue weighted by molar-refractivity contribution is 0.0991. The summed E-state index contributed by atoms with van der Waals surface area (Å²) in [5, 5.41) is 3.29. The number of hydrogen-bond acceptors (Lipinski definition) is 6. The van der Waals surface area contributed by atoms with E-state index in [4.69, 9.17) is 0 Å². The number of anilines is 1. The van der Waals surface area contributed by atoms with Crippen molar-refractivity contribution < 1.29 is 18.4 Å². The SMILES string of the molecule is O=C(Cc1ccc(C(=O)c2ccc3ncc(N4CCNCC4)nc3c2)c(F)c1)c1cccc(F)c1. The van der Waals surface area contributed by atoms with Crippen LogP contribution in [0.4, 0.5) is 14.6 Å². The Balaban J connectivity index is 1.37. The summed E-state index contributed by atoms with van der Waals surface area (Å²) >= 11 is 0. The molecule has 0 atom stereocenters. The summed E-state index contributed by atoms with van der Waals surface area (Å²) in [4.78, 5) is 36.7. The van der Waals surface area contributed by atoms with Crippen LogP contribution < -0.4 is 10.2 Å². The Labute approximate surface area is 200 Å². The zero-order valence-corrected chi connectivity index (χ0v) is 18.8. The molecule has 6 nitrogen and oxygen atoms in total. The second-order valence-corrected chi connectivity index (χ2v) is 8.42. The van der Waals surface area contributed by atoms with Crippen LogP contribution in [0.5, 0.6) is 0 Å². The van der Waals surface area contributed by atoms with Crippen LogP contribution in [0.15, 0.2) is 66.9 Å². The lowest BCUT2D eigenvalue weighted by atomic mass is 9.98. The molecule has 0 saturated carbocycles. The van der Waals surface area contributed by atoms with Crippen molar-refractivity contribution in [3.8, 4) is 0 Å². The van der Waals surface area contributed by atoms with Crippen LogP contribution >= 0.6 is 0 Å². The molecule has 1 aliphatic rings. The number of carbonyl (C=O) groups excluding carboxylic acids is 2. The number of rotatable bonds is 6. The minimum Gasteiger partial charge on any atom is -0.353 e. The van der Waals surface area contributed by atoms with Crippen LogP contribution in [0.2, 0.25) is 0 Å². The Kier molecular flexibility index (Phi) is 6.29. The standard InChI is InChI=1S/C27H22F2N4O2/c28-20-3-1-2-18(14-20)25(34)13-17-4-6-21(22(29)12-17)27(35)19-5-7-23-24(15-19)32-26(16-31-23)33-10-8-30-9-11-33/h1-7,12,14-16,30H,8-11,13H2. The number of benzene rings is 3. The second-order valence-electron chi connectivity index (χ2n) is 8.42. The molecule has 0 radical (unpaired) electrons. The van der Waals surface area contributed by atoms with E-state index in [1.54, 1.807) is 24.4 Å². The van der Waals surface area contributed by atoms with Gasteiger partial charge in [-0.2, -0.15) is 0 Å². The number of fused-ring (bicyclic) bond motifs is 1. The number of halogens is 2. The van der Waals surface area contributed by atoms with E-state index in [0.29, 0.717) is 22.2 Å². The van der Waals surface area contributed by atoms with E-state index in [-0.39, 0.29) is 23.3 Å². The van der Waals surface area contributed by atoms with E-state index in [1.807, 2.05) is 0 Å². The molecule has 0 aliphatic carbocycles. The molecule has 1 fully saturated rings. The highest BCUT2D eigenvalue weighted by Crippen LogP contribution is 2.21. The fourth-order valence-electron chi connectivity index (χ4n) is 4.15. The summed E-state index contributed by atoms with van der Waals surface area (Å²) in [5.41, 5.74) is 2.02. The third-order valence-corrected chi connectivity index (χ3v) is 6.02. The van der Waals surface area contributed by atoms with Gasteiger partial charge in [-0.25, -0.2) is 13.8 Å². The molecule has 35 heavy (non-hydrogen) atoms. The van der Waals surface area contributed by atoms with Gasteiger partial charge in [-0.15, -0.1) is 0 Å². The average Bonchev–Trinajstić information content (AvgIpc) is 2.88. The number of nitrogens with zero attached hydrogens (tertiary/aromatic N) is 3. The second kappa shape index (κ2) is 9.68. The van der Waals surface area contributed by atoms with Crippen molar-refractivity contribution in [3.63, 3.8) is 0 Å². The van der Waals surface area contributed by atoms with Gasteiger partial charge in [0.15, 0.2) is 11.6 Å². The van der Waals surface area contributed by atoms with Crippen molar-refractivity contribution in [2.24, 2.45) is 0 Å². The van der Waals surface area contributed by atoms with Crippen LogP contribution in [-0.2, 0) is 6.42 Å². The third-order valence-electron chi connectivity index (χ3n) is 6.02. The van der Waals surface area contributed by atoms with Gasteiger partial charge in [-0.05, 0) is 48.0 Å². The van der Waals surface area contributed by atoms with Gasteiger partial charge in [0, 0.05) is 43.7 Å². The van der Waals surface area contributed by atoms with Crippen LogP contribution in [0.3, 0.4) is 0 Å². The minimum atomic E-state index is -0.722. The van der Waals surface area contributed by atoms with E-state index >= 15 is 0 Å². The molecule has 0 spiro atoms. The number of piperazine rings is 1. The monoisotopic (exact) mass is 472 g/mol. The van der Waals surface area contributed by atoms with Crippen molar-refractivity contribution in [2.75, 3.05) is 31.1 Å². The largest absolute Gasteiger partial charge is 0.353 e. The molecule has 2 heterocycles. The molecule has 1 aliphatic heterocycles. The highest BCUT2D eigenvalue weighted by molar-refractivity contribution is 6.10. The van der Waals surface area contributed by atoms with E-state index in [0.717, 1.165) is 38.1 Å². The molecule has 0 amide bonds. The Bertz CT molecular complexity index is 1430. The Morgan fingerprint density at radius 1 is 0.914 bits per heavy atom. The predicted octanol–water partition coefficient (Wildman–Crippen LogP) is 3.97. The highest BCUT2D eigenvalue weighted by Gasteiger charge is 2.18. The molecule has 1 saturated heterocycles. The lowest BCUT2D eigenvalue weighted by Crippen LogP contribution is -2.43. The van der Waals surface area contributed by atoms with Crippen molar-refractivity contribution in [2.45, 2.75) is 6.42 Å². The number of aromatic nitrogens is 2. The zero-order chi connectivity index (χ0) is 24.4. The highest BCUT2D eigenvalue weighted by atomic mass is 19.1. The van der Waals surface area contributed by atoms with Gasteiger partial charge in [-0.3, -0.25) is 14.6 Å². The third kappa shape index (κ3) is 4.93. The maximum Gasteiger partial charge on any atom is 0.196 e. The summed E-state index contributed by atoms with van der Waals surface area (Å²) < 4.78 is 28.3. The Morgan fingerprint density at radius 3 is 2.51 bits per heavy atom. The Morgan fingerprint density at radius 2 is 1.74 bits per heavy atom. The summed E-state index contributed by atoms with van der Waals surface area (Å²) in [6, 6.07) is 14.4. The van der Waals surface area contributed by atoms with Gasteiger partial charge < -0.3 is 10.2 Å². The van der Waals surface area contributed by atoms with Gasteiger partial charge in [0.05, 0.1) is 22.8 Å². The van der Waals surface area contributed by atoms with Gasteiger partial charge in [0.1, 0.15) is 17.5 Å². The number of nitrogens with one attached hydrogen (secondary N) is 1.